The second-order valence-corrected chi connectivity index (χ2v) is 8.90. The summed E-state index contributed by atoms with van der Waals surface area (Å²) >= 11 is 7.24. The Hall–Kier alpha value is -3.62. The Morgan fingerprint density at radius 2 is 1.79 bits per heavy atom. The summed E-state index contributed by atoms with van der Waals surface area (Å²) in [5, 5.41) is 13.4. The third kappa shape index (κ3) is 4.30. The van der Waals surface area contributed by atoms with Gasteiger partial charge in [-0.2, -0.15) is 0 Å². The molecule has 0 saturated carbocycles. The highest BCUT2D eigenvalue weighted by atomic mass is 35.5. The fourth-order valence-corrected chi connectivity index (χ4v) is 4.89. The maximum atomic E-state index is 12.9. The maximum Gasteiger partial charge on any atom is 0.309 e. The summed E-state index contributed by atoms with van der Waals surface area (Å²) in [5.74, 6) is 0.880. The Labute approximate surface area is 203 Å². The zero-order valence-corrected chi connectivity index (χ0v) is 19.3. The van der Waals surface area contributed by atoms with Gasteiger partial charge in [0, 0.05) is 16.0 Å². The first-order chi connectivity index (χ1) is 16.5. The standard InChI is InChI=1S/C25H17ClN2O5S/c26-17-7-8-19-18(13-17)23(15-4-2-1-3-5-15)24(28(30)31)25(27-19)34-14-20(29)16-6-9-21-22(12-16)33-11-10-32-21/h1-9,12-13H,10-11,14H2. The lowest BCUT2D eigenvalue weighted by atomic mass is 10.00. The van der Waals surface area contributed by atoms with Crippen molar-refractivity contribution in [1.82, 2.24) is 4.98 Å². The van der Waals surface area contributed by atoms with Gasteiger partial charge in [0.25, 0.3) is 0 Å². The number of benzene rings is 3. The minimum absolute atomic E-state index is 0.0270. The van der Waals surface area contributed by atoms with Gasteiger partial charge in [0.1, 0.15) is 13.2 Å². The van der Waals surface area contributed by atoms with Crippen LogP contribution in [0.15, 0.2) is 71.8 Å². The summed E-state index contributed by atoms with van der Waals surface area (Å²) in [6.07, 6.45) is 0. The molecule has 1 aliphatic rings. The van der Waals surface area contributed by atoms with Crippen LogP contribution in [0.2, 0.25) is 5.02 Å². The lowest BCUT2D eigenvalue weighted by molar-refractivity contribution is -0.387. The van der Waals surface area contributed by atoms with E-state index in [-0.39, 0.29) is 22.2 Å². The van der Waals surface area contributed by atoms with Crippen molar-refractivity contribution in [2.45, 2.75) is 5.03 Å². The number of nitrogens with zero attached hydrogens (tertiary/aromatic N) is 2. The average molecular weight is 493 g/mol. The molecule has 0 N–H and O–H groups in total. The van der Waals surface area contributed by atoms with Gasteiger partial charge in [-0.15, -0.1) is 0 Å². The molecule has 1 aromatic heterocycles. The van der Waals surface area contributed by atoms with Gasteiger partial charge in [-0.3, -0.25) is 14.9 Å². The Kier molecular flexibility index (Phi) is 6.08. The first-order valence-corrected chi connectivity index (χ1v) is 11.8. The van der Waals surface area contributed by atoms with Crippen molar-refractivity contribution in [3.8, 4) is 22.6 Å². The van der Waals surface area contributed by atoms with Gasteiger partial charge >= 0.3 is 5.69 Å². The van der Waals surface area contributed by atoms with E-state index < -0.39 is 4.92 Å². The van der Waals surface area contributed by atoms with Crippen molar-refractivity contribution in [2.24, 2.45) is 0 Å². The van der Waals surface area contributed by atoms with Crippen LogP contribution in [0, 0.1) is 10.1 Å². The normalized spacial score (nSPS) is 12.5. The molecule has 0 bridgehead atoms. The molecule has 0 spiro atoms. The Balaban J connectivity index is 1.54. The topological polar surface area (TPSA) is 91.6 Å². The number of thioether (sulfide) groups is 1. The van der Waals surface area contributed by atoms with E-state index in [1.54, 1.807) is 48.5 Å². The molecule has 0 amide bonds. The fourth-order valence-electron chi connectivity index (χ4n) is 3.80. The van der Waals surface area contributed by atoms with Crippen LogP contribution in [0.4, 0.5) is 5.69 Å². The number of aromatic nitrogens is 1. The molecule has 3 aromatic carbocycles. The molecule has 0 unspecified atom stereocenters. The Morgan fingerprint density at radius 3 is 2.56 bits per heavy atom. The smallest absolute Gasteiger partial charge is 0.309 e. The predicted molar refractivity (Wildman–Crippen MR) is 131 cm³/mol. The molecule has 4 aromatic rings. The van der Waals surface area contributed by atoms with Crippen molar-refractivity contribution in [1.29, 1.82) is 0 Å². The maximum absolute atomic E-state index is 12.9. The van der Waals surface area contributed by atoms with Crippen LogP contribution in [0.1, 0.15) is 10.4 Å². The summed E-state index contributed by atoms with van der Waals surface area (Å²) in [5.41, 5.74) is 1.94. The number of hydrogen-bond donors (Lipinski definition) is 0. The van der Waals surface area contributed by atoms with Gasteiger partial charge in [0.15, 0.2) is 22.3 Å². The molecule has 0 fully saturated rings. The summed E-state index contributed by atoms with van der Waals surface area (Å²) in [7, 11) is 0. The van der Waals surface area contributed by atoms with Crippen LogP contribution in [0.5, 0.6) is 11.5 Å². The Morgan fingerprint density at radius 1 is 1.03 bits per heavy atom. The van der Waals surface area contributed by atoms with Crippen LogP contribution in [-0.2, 0) is 0 Å². The molecule has 0 atom stereocenters. The van der Waals surface area contributed by atoms with Crippen LogP contribution >= 0.6 is 23.4 Å². The second kappa shape index (κ2) is 9.32. The number of fused-ring (bicyclic) bond motifs is 2. The van der Waals surface area contributed by atoms with Crippen molar-refractivity contribution < 1.29 is 19.2 Å². The molecule has 0 saturated heterocycles. The highest BCUT2D eigenvalue weighted by molar-refractivity contribution is 8.00. The molecule has 2 heterocycles. The number of ketones is 1. The monoisotopic (exact) mass is 492 g/mol. The van der Waals surface area contributed by atoms with E-state index in [2.05, 4.69) is 4.98 Å². The van der Waals surface area contributed by atoms with Crippen LogP contribution in [0.25, 0.3) is 22.0 Å². The molecule has 0 radical (unpaired) electrons. The predicted octanol–water partition coefficient (Wildman–Crippen LogP) is 6.21. The Bertz CT molecular complexity index is 1430. The molecule has 5 rings (SSSR count). The minimum atomic E-state index is -0.452. The molecule has 0 aliphatic carbocycles. The first-order valence-electron chi connectivity index (χ1n) is 10.4. The van der Waals surface area contributed by atoms with E-state index in [4.69, 9.17) is 21.1 Å². The van der Waals surface area contributed by atoms with E-state index in [9.17, 15) is 14.9 Å². The van der Waals surface area contributed by atoms with Gasteiger partial charge in [-0.1, -0.05) is 53.7 Å². The van der Waals surface area contributed by atoms with Gasteiger partial charge < -0.3 is 9.47 Å². The van der Waals surface area contributed by atoms with E-state index in [1.165, 1.54) is 0 Å². The van der Waals surface area contributed by atoms with Crippen molar-refractivity contribution in [3.05, 3.63) is 87.4 Å². The second-order valence-electron chi connectivity index (χ2n) is 7.50. The van der Waals surface area contributed by atoms with Crippen LogP contribution in [0.3, 0.4) is 0 Å². The number of pyridine rings is 1. The van der Waals surface area contributed by atoms with Crippen LogP contribution < -0.4 is 9.47 Å². The molecule has 9 heteroatoms. The summed E-state index contributed by atoms with van der Waals surface area (Å²) in [6, 6.07) is 19.2. The van der Waals surface area contributed by atoms with E-state index in [0.717, 1.165) is 11.8 Å². The van der Waals surface area contributed by atoms with Crippen molar-refractivity contribution >= 4 is 45.7 Å². The number of carbonyl (C=O) groups is 1. The van der Waals surface area contributed by atoms with E-state index >= 15 is 0 Å². The first kappa shape index (κ1) is 22.2. The van der Waals surface area contributed by atoms with Gasteiger partial charge in [0.05, 0.1) is 21.8 Å². The highest BCUT2D eigenvalue weighted by Gasteiger charge is 2.27. The zero-order chi connectivity index (χ0) is 23.7. The SMILES string of the molecule is O=C(CSc1nc2ccc(Cl)cc2c(-c2ccccc2)c1[N+](=O)[O-])c1ccc2c(c1)OCCO2. The molecule has 7 nitrogen and oxygen atoms in total. The number of hydrogen-bond acceptors (Lipinski definition) is 7. The van der Waals surface area contributed by atoms with E-state index in [1.807, 2.05) is 18.2 Å². The fraction of sp³-hybridized carbons (Fsp3) is 0.120. The molecule has 34 heavy (non-hydrogen) atoms. The highest BCUT2D eigenvalue weighted by Crippen LogP contribution is 2.42. The number of rotatable bonds is 6. The minimum Gasteiger partial charge on any atom is -0.486 e. The number of Topliss-reactive ketones (excluding diaryl/α,β-unsaturated/α-hetero) is 1. The largest absolute Gasteiger partial charge is 0.486 e. The number of ether oxygens (including phenoxy) is 2. The molecular weight excluding hydrogens is 476 g/mol. The van der Waals surface area contributed by atoms with Crippen molar-refractivity contribution in [3.63, 3.8) is 0 Å². The molecule has 170 valence electrons. The van der Waals surface area contributed by atoms with Gasteiger partial charge in [-0.05, 0) is 42.0 Å². The third-order valence-corrected chi connectivity index (χ3v) is 6.54. The summed E-state index contributed by atoms with van der Waals surface area (Å²) < 4.78 is 11.1. The average Bonchev–Trinajstić information content (AvgIpc) is 2.86. The summed E-state index contributed by atoms with van der Waals surface area (Å²) in [6.45, 7) is 0.876. The molecule has 1 aliphatic heterocycles. The lowest BCUT2D eigenvalue weighted by Gasteiger charge is -2.18. The van der Waals surface area contributed by atoms with Crippen LogP contribution in [-0.4, -0.2) is 34.7 Å². The van der Waals surface area contributed by atoms with E-state index in [0.29, 0.717) is 57.3 Å². The van der Waals surface area contributed by atoms with Gasteiger partial charge in [-0.25, -0.2) is 4.98 Å². The quantitative estimate of drug-likeness (QED) is 0.137. The zero-order valence-electron chi connectivity index (χ0n) is 17.7. The summed E-state index contributed by atoms with van der Waals surface area (Å²) in [4.78, 5) is 29.2. The molecular formula is C25H17ClN2O5S. The number of halogens is 1. The lowest BCUT2D eigenvalue weighted by Crippen LogP contribution is -2.16. The number of carbonyl (C=O) groups excluding carboxylic acids is 1. The third-order valence-electron chi connectivity index (χ3n) is 5.34. The van der Waals surface area contributed by atoms with Crippen molar-refractivity contribution in [2.75, 3.05) is 19.0 Å². The van der Waals surface area contributed by atoms with Gasteiger partial charge in [0.2, 0.25) is 0 Å². The number of nitro groups is 1.